The number of hydrogen-bond acceptors (Lipinski definition) is 3. The lowest BCUT2D eigenvalue weighted by atomic mass is 10.1. The third-order valence-electron chi connectivity index (χ3n) is 5.60. The highest BCUT2D eigenvalue weighted by Gasteiger charge is 2.14. The summed E-state index contributed by atoms with van der Waals surface area (Å²) in [7, 11) is 0.471. The van der Waals surface area contributed by atoms with E-state index in [-0.39, 0.29) is 4.90 Å². The molecule has 0 unspecified atom stereocenters. The zero-order valence-corrected chi connectivity index (χ0v) is 21.2. The molecule has 2 rings (SSSR count). The minimum Gasteiger partial charge on any atom is -0.744 e. The number of benzene rings is 2. The van der Waals surface area contributed by atoms with E-state index in [0.717, 1.165) is 11.0 Å². The fourth-order valence-corrected chi connectivity index (χ4v) is 4.26. The van der Waals surface area contributed by atoms with Crippen LogP contribution in [0.3, 0.4) is 0 Å². The van der Waals surface area contributed by atoms with E-state index in [2.05, 4.69) is 51.4 Å². The zero-order valence-electron chi connectivity index (χ0n) is 20.3. The van der Waals surface area contributed by atoms with E-state index in [4.69, 9.17) is 0 Å². The van der Waals surface area contributed by atoms with Crippen molar-refractivity contribution in [1.82, 2.24) is 0 Å². The Morgan fingerprint density at radius 1 is 0.688 bits per heavy atom. The maximum absolute atomic E-state index is 10.3. The number of hydrogen-bond donors (Lipinski definition) is 0. The van der Waals surface area contributed by atoms with Crippen molar-refractivity contribution in [1.29, 1.82) is 0 Å². The number of rotatable bonds is 14. The van der Waals surface area contributed by atoms with E-state index in [1.165, 1.54) is 101 Å². The number of quaternary nitrogens is 1. The van der Waals surface area contributed by atoms with E-state index in [0.29, 0.717) is 0 Å². The summed E-state index contributed by atoms with van der Waals surface area (Å²) in [5, 5.41) is 0. The topological polar surface area (TPSA) is 57.2 Å². The smallest absolute Gasteiger partial charge is 0.124 e. The van der Waals surface area contributed by atoms with Gasteiger partial charge >= 0.3 is 0 Å². The molecule has 0 amide bonds. The van der Waals surface area contributed by atoms with Crippen LogP contribution in [-0.2, 0) is 16.7 Å². The van der Waals surface area contributed by atoms with Crippen LogP contribution < -0.4 is 0 Å². The molecule has 32 heavy (non-hydrogen) atoms. The normalized spacial score (nSPS) is 11.6. The summed E-state index contributed by atoms with van der Waals surface area (Å²) in [4.78, 5) is -0.185. The van der Waals surface area contributed by atoms with E-state index >= 15 is 0 Å². The molecule has 0 fully saturated rings. The van der Waals surface area contributed by atoms with Gasteiger partial charge in [0, 0.05) is 5.56 Å². The van der Waals surface area contributed by atoms with Gasteiger partial charge in [0.25, 0.3) is 0 Å². The van der Waals surface area contributed by atoms with Gasteiger partial charge in [0.2, 0.25) is 0 Å². The van der Waals surface area contributed by atoms with Gasteiger partial charge in [-0.05, 0) is 25.0 Å². The molecule has 0 radical (unpaired) electrons. The molecule has 4 nitrogen and oxygen atoms in total. The summed E-state index contributed by atoms with van der Waals surface area (Å²) in [5.41, 5.74) is 1.46. The molecule has 0 saturated carbocycles. The lowest BCUT2D eigenvalue weighted by Gasteiger charge is -2.30. The van der Waals surface area contributed by atoms with E-state index in [1.807, 2.05) is 0 Å². The van der Waals surface area contributed by atoms with Gasteiger partial charge in [-0.2, -0.15) is 0 Å². The van der Waals surface area contributed by atoms with Crippen LogP contribution in [0.5, 0.6) is 0 Å². The van der Waals surface area contributed by atoms with Crippen molar-refractivity contribution in [3.05, 3.63) is 66.2 Å². The van der Waals surface area contributed by atoms with Gasteiger partial charge in [-0.1, -0.05) is 107 Å². The Balaban J connectivity index is 0.000000425. The molecule has 0 aromatic heterocycles. The summed E-state index contributed by atoms with van der Waals surface area (Å²) in [6.07, 6.45) is 14.2. The largest absolute Gasteiger partial charge is 0.744 e. The second-order valence-corrected chi connectivity index (χ2v) is 10.6. The Bertz CT molecular complexity index is 805. The number of nitrogens with zero attached hydrogens (tertiary/aromatic N) is 1. The van der Waals surface area contributed by atoms with Gasteiger partial charge in [0.1, 0.15) is 16.7 Å². The van der Waals surface area contributed by atoms with Crippen molar-refractivity contribution in [3.63, 3.8) is 0 Å². The van der Waals surface area contributed by atoms with Crippen molar-refractivity contribution >= 4 is 10.1 Å². The van der Waals surface area contributed by atoms with Crippen LogP contribution in [0, 0.1) is 0 Å². The van der Waals surface area contributed by atoms with Crippen LogP contribution in [-0.4, -0.2) is 38.1 Å². The molecule has 0 aliphatic carbocycles. The first-order valence-electron chi connectivity index (χ1n) is 12.1. The maximum atomic E-state index is 10.3. The Kier molecular flexibility index (Phi) is 14.2. The minimum atomic E-state index is -4.25. The van der Waals surface area contributed by atoms with Gasteiger partial charge in [0.05, 0.1) is 25.5 Å². The Morgan fingerprint density at radius 3 is 1.56 bits per heavy atom. The molecule has 0 N–H and O–H groups in total. The fourth-order valence-electron chi connectivity index (χ4n) is 3.77. The summed E-state index contributed by atoms with van der Waals surface area (Å²) in [5.74, 6) is 0. The van der Waals surface area contributed by atoms with Crippen LogP contribution in [0.4, 0.5) is 0 Å². The number of unbranched alkanes of at least 4 members (excludes halogenated alkanes) is 9. The van der Waals surface area contributed by atoms with Crippen LogP contribution in [0.2, 0.25) is 0 Å². The van der Waals surface area contributed by atoms with Crippen molar-refractivity contribution < 1.29 is 17.5 Å². The van der Waals surface area contributed by atoms with E-state index < -0.39 is 10.1 Å². The summed E-state index contributed by atoms with van der Waals surface area (Å²) in [6.45, 7) is 4.74. The average Bonchev–Trinajstić information content (AvgIpc) is 2.76. The fraction of sp³-hybridized carbons (Fsp3) is 0.556. The highest BCUT2D eigenvalue weighted by Crippen LogP contribution is 2.14. The lowest BCUT2D eigenvalue weighted by molar-refractivity contribution is -0.903. The molecular formula is C27H43NO3S. The van der Waals surface area contributed by atoms with Crippen LogP contribution in [0.1, 0.15) is 76.7 Å². The first-order chi connectivity index (χ1) is 15.2. The summed E-state index contributed by atoms with van der Waals surface area (Å²) in [6, 6.07) is 18.1. The lowest BCUT2D eigenvalue weighted by Crippen LogP contribution is -2.39. The van der Waals surface area contributed by atoms with Gasteiger partial charge in [-0.25, -0.2) is 8.42 Å². The van der Waals surface area contributed by atoms with Gasteiger partial charge in [-0.15, -0.1) is 0 Å². The third kappa shape index (κ3) is 14.4. The molecule has 0 saturated heterocycles. The molecule has 5 heteroatoms. The molecule has 0 aliphatic heterocycles. The first-order valence-corrected chi connectivity index (χ1v) is 13.5. The van der Waals surface area contributed by atoms with Gasteiger partial charge in [-0.3, -0.25) is 0 Å². The SMILES string of the molecule is CCCCCCCCCCCC[N+](C)(C)Cc1ccccc1.O=S(=O)([O-])c1ccccc1. The molecule has 0 aliphatic rings. The molecule has 0 spiro atoms. The summed E-state index contributed by atoms with van der Waals surface area (Å²) < 4.78 is 31.9. The van der Waals surface area contributed by atoms with E-state index in [9.17, 15) is 13.0 Å². The van der Waals surface area contributed by atoms with Crippen molar-refractivity contribution in [2.45, 2.75) is 82.6 Å². The average molecular weight is 462 g/mol. The quantitative estimate of drug-likeness (QED) is 0.177. The predicted molar refractivity (Wildman–Crippen MR) is 133 cm³/mol. The highest BCUT2D eigenvalue weighted by atomic mass is 32.2. The second-order valence-electron chi connectivity index (χ2n) is 9.25. The third-order valence-corrected chi connectivity index (χ3v) is 6.45. The van der Waals surface area contributed by atoms with Gasteiger partial charge < -0.3 is 9.04 Å². The Morgan fingerprint density at radius 2 is 1.12 bits per heavy atom. The highest BCUT2D eigenvalue weighted by molar-refractivity contribution is 7.85. The molecule has 2 aromatic rings. The second kappa shape index (κ2) is 16.0. The van der Waals surface area contributed by atoms with Crippen molar-refractivity contribution in [2.24, 2.45) is 0 Å². The van der Waals surface area contributed by atoms with Crippen LogP contribution >= 0.6 is 0 Å². The Labute approximate surface area is 197 Å². The molecule has 180 valence electrons. The van der Waals surface area contributed by atoms with Crippen molar-refractivity contribution in [2.75, 3.05) is 20.6 Å². The zero-order chi connectivity index (χ0) is 23.7. The van der Waals surface area contributed by atoms with Crippen molar-refractivity contribution in [3.8, 4) is 0 Å². The molecule has 0 heterocycles. The molecule has 0 atom stereocenters. The minimum absolute atomic E-state index is 0.185. The van der Waals surface area contributed by atoms with Gasteiger partial charge in [0.15, 0.2) is 0 Å². The standard InChI is InChI=1S/C21H38N.C6H6O3S/c1-4-5-6-7-8-9-10-11-12-16-19-22(2,3)20-21-17-14-13-15-18-21;7-10(8,9)6-4-2-1-3-5-6/h13-15,17-18H,4-12,16,19-20H2,1-3H3;1-5H,(H,7,8,9)/q+1;/p-1. The Hall–Kier alpha value is -1.69. The van der Waals surface area contributed by atoms with Crippen LogP contribution in [0.15, 0.2) is 65.6 Å². The monoisotopic (exact) mass is 461 g/mol. The van der Waals surface area contributed by atoms with Crippen LogP contribution in [0.25, 0.3) is 0 Å². The molecule has 0 bridgehead atoms. The molecular weight excluding hydrogens is 418 g/mol. The first kappa shape index (κ1) is 28.3. The maximum Gasteiger partial charge on any atom is 0.124 e. The summed E-state index contributed by atoms with van der Waals surface area (Å²) >= 11 is 0. The van der Waals surface area contributed by atoms with E-state index in [1.54, 1.807) is 6.07 Å². The predicted octanol–water partition coefficient (Wildman–Crippen LogP) is 6.77. The molecule has 2 aromatic carbocycles.